The molecule has 0 radical (unpaired) electrons. The van der Waals surface area contributed by atoms with Crippen molar-refractivity contribution >= 4 is 0 Å². The molecule has 1 aliphatic carbocycles. The first-order valence-electron chi connectivity index (χ1n) is 7.26. The Morgan fingerprint density at radius 2 is 2.06 bits per heavy atom. The standard InChI is InChI=1S/C14H29NO3/c1-3-12-6-4-5-7-14(12)15-10-13(16)11-18-9-8-17-2/h12-16H,3-11H2,1-2H3. The van der Waals surface area contributed by atoms with E-state index in [4.69, 9.17) is 9.47 Å². The topological polar surface area (TPSA) is 50.7 Å². The summed E-state index contributed by atoms with van der Waals surface area (Å²) < 4.78 is 10.2. The molecular weight excluding hydrogens is 230 g/mol. The molecule has 3 unspecified atom stereocenters. The van der Waals surface area contributed by atoms with Crippen molar-refractivity contribution in [1.29, 1.82) is 0 Å². The maximum Gasteiger partial charge on any atom is 0.0897 e. The lowest BCUT2D eigenvalue weighted by Gasteiger charge is -2.32. The van der Waals surface area contributed by atoms with Gasteiger partial charge in [0.25, 0.3) is 0 Å². The lowest BCUT2D eigenvalue weighted by molar-refractivity contribution is 0.0116. The highest BCUT2D eigenvalue weighted by atomic mass is 16.5. The second kappa shape index (κ2) is 9.73. The molecule has 0 heterocycles. The molecule has 0 aromatic heterocycles. The number of nitrogens with one attached hydrogen (secondary N) is 1. The van der Waals surface area contributed by atoms with Crippen molar-refractivity contribution < 1.29 is 14.6 Å². The predicted molar refractivity (Wildman–Crippen MR) is 72.7 cm³/mol. The minimum Gasteiger partial charge on any atom is -0.389 e. The van der Waals surface area contributed by atoms with Crippen molar-refractivity contribution in [2.45, 2.75) is 51.2 Å². The summed E-state index contributed by atoms with van der Waals surface area (Å²) in [4.78, 5) is 0. The van der Waals surface area contributed by atoms with Crippen LogP contribution in [0.3, 0.4) is 0 Å². The minimum absolute atomic E-state index is 0.389. The molecule has 1 rings (SSSR count). The first-order chi connectivity index (χ1) is 8.77. The van der Waals surface area contributed by atoms with Gasteiger partial charge in [-0.15, -0.1) is 0 Å². The molecule has 3 atom stereocenters. The zero-order valence-electron chi connectivity index (χ0n) is 11.9. The number of hydrogen-bond donors (Lipinski definition) is 2. The van der Waals surface area contributed by atoms with E-state index in [1.54, 1.807) is 7.11 Å². The lowest BCUT2D eigenvalue weighted by Crippen LogP contribution is -2.43. The summed E-state index contributed by atoms with van der Waals surface area (Å²) in [6, 6.07) is 0.581. The van der Waals surface area contributed by atoms with Gasteiger partial charge in [0.2, 0.25) is 0 Å². The minimum atomic E-state index is -0.415. The third kappa shape index (κ3) is 6.14. The third-order valence-corrected chi connectivity index (χ3v) is 3.79. The number of aliphatic hydroxyl groups is 1. The number of hydrogen-bond acceptors (Lipinski definition) is 4. The van der Waals surface area contributed by atoms with Crippen LogP contribution in [0.5, 0.6) is 0 Å². The number of ether oxygens (including phenoxy) is 2. The second-order valence-corrected chi connectivity index (χ2v) is 5.19. The van der Waals surface area contributed by atoms with Gasteiger partial charge in [-0.3, -0.25) is 0 Å². The van der Waals surface area contributed by atoms with Crippen LogP contribution in [-0.2, 0) is 9.47 Å². The Balaban J connectivity index is 2.10. The van der Waals surface area contributed by atoms with Gasteiger partial charge < -0.3 is 19.9 Å². The van der Waals surface area contributed by atoms with Gasteiger partial charge in [0.05, 0.1) is 25.9 Å². The monoisotopic (exact) mass is 259 g/mol. The van der Waals surface area contributed by atoms with Crippen molar-refractivity contribution in [3.63, 3.8) is 0 Å². The summed E-state index contributed by atoms with van der Waals surface area (Å²) in [5.41, 5.74) is 0. The maximum absolute atomic E-state index is 9.81. The van der Waals surface area contributed by atoms with E-state index < -0.39 is 6.10 Å². The molecule has 0 bridgehead atoms. The smallest absolute Gasteiger partial charge is 0.0897 e. The molecule has 0 amide bonds. The van der Waals surface area contributed by atoms with Crippen LogP contribution in [0.15, 0.2) is 0 Å². The Morgan fingerprint density at radius 3 is 2.78 bits per heavy atom. The summed E-state index contributed by atoms with van der Waals surface area (Å²) >= 11 is 0. The zero-order valence-corrected chi connectivity index (χ0v) is 11.9. The molecule has 18 heavy (non-hydrogen) atoms. The van der Waals surface area contributed by atoms with E-state index in [1.165, 1.54) is 32.1 Å². The molecule has 2 N–H and O–H groups in total. The summed E-state index contributed by atoms with van der Waals surface area (Å²) in [7, 11) is 1.65. The fourth-order valence-electron chi connectivity index (χ4n) is 2.67. The van der Waals surface area contributed by atoms with Gasteiger partial charge in [-0.2, -0.15) is 0 Å². The van der Waals surface area contributed by atoms with Gasteiger partial charge in [0.15, 0.2) is 0 Å². The summed E-state index contributed by atoms with van der Waals surface area (Å²) in [5.74, 6) is 0.778. The van der Waals surface area contributed by atoms with Crippen molar-refractivity contribution in [3.8, 4) is 0 Å². The normalized spacial score (nSPS) is 26.2. The van der Waals surface area contributed by atoms with Crippen LogP contribution >= 0.6 is 0 Å². The van der Waals surface area contributed by atoms with Crippen LogP contribution in [0.1, 0.15) is 39.0 Å². The van der Waals surface area contributed by atoms with Gasteiger partial charge in [0.1, 0.15) is 0 Å². The van der Waals surface area contributed by atoms with E-state index >= 15 is 0 Å². The molecular formula is C14H29NO3. The zero-order chi connectivity index (χ0) is 13.2. The molecule has 108 valence electrons. The highest BCUT2D eigenvalue weighted by Crippen LogP contribution is 2.26. The SMILES string of the molecule is CCC1CCCCC1NCC(O)COCCOC. The Hall–Kier alpha value is -0.160. The quantitative estimate of drug-likeness (QED) is 0.617. The molecule has 1 saturated carbocycles. The lowest BCUT2D eigenvalue weighted by atomic mass is 9.83. The predicted octanol–water partition coefficient (Wildman–Crippen LogP) is 1.57. The van der Waals surface area contributed by atoms with Crippen molar-refractivity contribution in [1.82, 2.24) is 5.32 Å². The van der Waals surface area contributed by atoms with Gasteiger partial charge in [-0.25, -0.2) is 0 Å². The van der Waals surface area contributed by atoms with Crippen LogP contribution in [0, 0.1) is 5.92 Å². The van der Waals surface area contributed by atoms with Crippen molar-refractivity contribution in [3.05, 3.63) is 0 Å². The summed E-state index contributed by atoms with van der Waals surface area (Å²) in [5, 5.41) is 13.3. The highest BCUT2D eigenvalue weighted by Gasteiger charge is 2.23. The Bertz CT molecular complexity index is 201. The fourth-order valence-corrected chi connectivity index (χ4v) is 2.67. The van der Waals surface area contributed by atoms with Gasteiger partial charge in [0, 0.05) is 19.7 Å². The van der Waals surface area contributed by atoms with Crippen LogP contribution < -0.4 is 5.32 Å². The first-order valence-corrected chi connectivity index (χ1v) is 7.26. The average molecular weight is 259 g/mol. The molecule has 0 aromatic rings. The van der Waals surface area contributed by atoms with E-state index in [0.29, 0.717) is 32.4 Å². The van der Waals surface area contributed by atoms with E-state index in [9.17, 15) is 5.11 Å². The van der Waals surface area contributed by atoms with Crippen LogP contribution in [-0.4, -0.2) is 50.7 Å². The number of rotatable bonds is 9. The van der Waals surface area contributed by atoms with Gasteiger partial charge in [-0.1, -0.05) is 26.2 Å². The van der Waals surface area contributed by atoms with Crippen LogP contribution in [0.25, 0.3) is 0 Å². The van der Waals surface area contributed by atoms with Gasteiger partial charge >= 0.3 is 0 Å². The second-order valence-electron chi connectivity index (χ2n) is 5.19. The number of aliphatic hydroxyl groups excluding tert-OH is 1. The van der Waals surface area contributed by atoms with E-state index in [2.05, 4.69) is 12.2 Å². The Kier molecular flexibility index (Phi) is 8.59. The van der Waals surface area contributed by atoms with Crippen molar-refractivity contribution in [2.24, 2.45) is 5.92 Å². The summed E-state index contributed by atoms with van der Waals surface area (Å²) in [6.45, 7) is 4.41. The molecule has 1 aliphatic rings. The molecule has 0 spiro atoms. The van der Waals surface area contributed by atoms with E-state index in [0.717, 1.165) is 5.92 Å². The molecule has 0 saturated heterocycles. The van der Waals surface area contributed by atoms with Crippen LogP contribution in [0.4, 0.5) is 0 Å². The molecule has 0 aliphatic heterocycles. The maximum atomic E-state index is 9.81. The molecule has 4 heteroatoms. The van der Waals surface area contributed by atoms with Crippen LogP contribution in [0.2, 0.25) is 0 Å². The molecule has 1 fully saturated rings. The average Bonchev–Trinajstić information content (AvgIpc) is 2.41. The number of methoxy groups -OCH3 is 1. The molecule has 4 nitrogen and oxygen atoms in total. The van der Waals surface area contributed by atoms with E-state index in [-0.39, 0.29) is 0 Å². The van der Waals surface area contributed by atoms with Crippen molar-refractivity contribution in [2.75, 3.05) is 33.5 Å². The summed E-state index contributed by atoms with van der Waals surface area (Å²) in [6.07, 6.45) is 6.07. The largest absolute Gasteiger partial charge is 0.389 e. The fraction of sp³-hybridized carbons (Fsp3) is 1.00. The molecule has 0 aromatic carbocycles. The Morgan fingerprint density at radius 1 is 1.28 bits per heavy atom. The first kappa shape index (κ1) is 15.9. The van der Waals surface area contributed by atoms with Gasteiger partial charge in [-0.05, 0) is 18.8 Å². The van der Waals surface area contributed by atoms with E-state index in [1.807, 2.05) is 0 Å². The highest BCUT2D eigenvalue weighted by molar-refractivity contribution is 4.80. The Labute approximate surface area is 111 Å². The third-order valence-electron chi connectivity index (χ3n) is 3.79.